The van der Waals surface area contributed by atoms with Gasteiger partial charge in [0.2, 0.25) is 0 Å². The van der Waals surface area contributed by atoms with Gasteiger partial charge in [-0.3, -0.25) is 10.1 Å². The summed E-state index contributed by atoms with van der Waals surface area (Å²) in [6.07, 6.45) is 0.570. The average Bonchev–Trinajstić information content (AvgIpc) is 2.99. The maximum Gasteiger partial charge on any atom is 0.334 e. The SMILES string of the molecule is CCN1C(C)=C(C(=O)O)C(CC)(c2cc([N+](=O)[O-])ccc2OCCCCNCC(O)COc2ccccc2)C(C(=O)O)=C1C. The zero-order valence-corrected chi connectivity index (χ0v) is 25.5. The molecule has 4 N–H and O–H groups in total. The van der Waals surface area contributed by atoms with Crippen molar-refractivity contribution in [2.24, 2.45) is 0 Å². The highest BCUT2D eigenvalue weighted by Crippen LogP contribution is 2.52. The number of aliphatic hydroxyl groups excluding tert-OH is 1. The van der Waals surface area contributed by atoms with E-state index >= 15 is 0 Å². The Morgan fingerprint density at radius 1 is 1.00 bits per heavy atom. The van der Waals surface area contributed by atoms with Gasteiger partial charge in [-0.15, -0.1) is 0 Å². The quantitative estimate of drug-likeness (QED) is 0.113. The molecule has 0 spiro atoms. The lowest BCUT2D eigenvalue weighted by molar-refractivity contribution is -0.385. The summed E-state index contributed by atoms with van der Waals surface area (Å²) in [5.41, 5.74) is -1.48. The topological polar surface area (TPSA) is 172 Å². The van der Waals surface area contributed by atoms with Gasteiger partial charge in [0.1, 0.15) is 24.2 Å². The Bertz CT molecular complexity index is 1370. The number of carboxylic acid groups (broad SMARTS) is 2. The van der Waals surface area contributed by atoms with Crippen LogP contribution in [0.2, 0.25) is 0 Å². The third kappa shape index (κ3) is 7.37. The van der Waals surface area contributed by atoms with E-state index in [4.69, 9.17) is 9.47 Å². The first-order valence-electron chi connectivity index (χ1n) is 14.6. The molecule has 238 valence electrons. The van der Waals surface area contributed by atoms with E-state index in [0.717, 1.165) is 0 Å². The van der Waals surface area contributed by atoms with Crippen molar-refractivity contribution in [3.63, 3.8) is 0 Å². The number of hydrogen-bond donors (Lipinski definition) is 4. The van der Waals surface area contributed by atoms with Gasteiger partial charge >= 0.3 is 11.9 Å². The van der Waals surface area contributed by atoms with Gasteiger partial charge in [0.25, 0.3) is 5.69 Å². The van der Waals surface area contributed by atoms with Gasteiger partial charge < -0.3 is 35.0 Å². The molecule has 0 aliphatic carbocycles. The van der Waals surface area contributed by atoms with Crippen LogP contribution in [-0.4, -0.2) is 76.0 Å². The Hall–Kier alpha value is -4.42. The summed E-state index contributed by atoms with van der Waals surface area (Å²) in [6.45, 7) is 8.31. The number of unbranched alkanes of at least 4 members (excludes halogenated alkanes) is 1. The lowest BCUT2D eigenvalue weighted by Gasteiger charge is -2.44. The van der Waals surface area contributed by atoms with E-state index in [2.05, 4.69) is 5.32 Å². The van der Waals surface area contributed by atoms with Gasteiger partial charge in [-0.25, -0.2) is 9.59 Å². The number of aliphatic hydroxyl groups is 1. The number of hydrogen-bond acceptors (Lipinski definition) is 9. The second-order valence-corrected chi connectivity index (χ2v) is 10.5. The normalized spacial score (nSPS) is 15.2. The molecule has 1 atom stereocenters. The highest BCUT2D eigenvalue weighted by Gasteiger charge is 2.52. The van der Waals surface area contributed by atoms with Crippen LogP contribution in [0.3, 0.4) is 0 Å². The number of rotatable bonds is 17. The van der Waals surface area contributed by atoms with E-state index in [1.54, 1.807) is 32.6 Å². The second-order valence-electron chi connectivity index (χ2n) is 10.5. The molecule has 2 aromatic rings. The van der Waals surface area contributed by atoms with Crippen LogP contribution in [0.1, 0.15) is 52.5 Å². The molecule has 0 aromatic heterocycles. The third-order valence-electron chi connectivity index (χ3n) is 7.87. The smallest absolute Gasteiger partial charge is 0.334 e. The fraction of sp³-hybridized carbons (Fsp3) is 0.438. The lowest BCUT2D eigenvalue weighted by Crippen LogP contribution is -2.45. The largest absolute Gasteiger partial charge is 0.493 e. The number of nitro benzene ring substituents is 1. The number of nitro groups is 1. The Labute approximate surface area is 256 Å². The molecule has 12 heteroatoms. The summed E-state index contributed by atoms with van der Waals surface area (Å²) >= 11 is 0. The number of benzene rings is 2. The van der Waals surface area contributed by atoms with E-state index in [0.29, 0.717) is 49.6 Å². The van der Waals surface area contributed by atoms with Crippen molar-refractivity contribution < 1.29 is 39.3 Å². The molecule has 0 amide bonds. The number of carboxylic acids is 2. The zero-order chi connectivity index (χ0) is 32.4. The molecule has 0 fully saturated rings. The van der Waals surface area contributed by atoms with Crippen molar-refractivity contribution in [2.75, 3.05) is 32.8 Å². The summed E-state index contributed by atoms with van der Waals surface area (Å²) in [5, 5.41) is 46.0. The minimum absolute atomic E-state index is 0.0141. The van der Waals surface area contributed by atoms with Gasteiger partial charge in [0.05, 0.1) is 28.1 Å². The predicted octanol–water partition coefficient (Wildman–Crippen LogP) is 4.48. The van der Waals surface area contributed by atoms with Crippen molar-refractivity contribution >= 4 is 17.6 Å². The van der Waals surface area contributed by atoms with Crippen molar-refractivity contribution in [1.29, 1.82) is 0 Å². The first-order chi connectivity index (χ1) is 21.0. The fourth-order valence-corrected chi connectivity index (χ4v) is 5.89. The zero-order valence-electron chi connectivity index (χ0n) is 25.5. The van der Waals surface area contributed by atoms with Crippen molar-refractivity contribution in [2.45, 2.75) is 58.5 Å². The van der Waals surface area contributed by atoms with Gasteiger partial charge in [0.15, 0.2) is 0 Å². The maximum absolute atomic E-state index is 12.8. The van der Waals surface area contributed by atoms with Gasteiger partial charge in [-0.05, 0) is 64.8 Å². The molecule has 0 bridgehead atoms. The van der Waals surface area contributed by atoms with Crippen LogP contribution in [0.15, 0.2) is 71.1 Å². The molecule has 1 aliphatic rings. The lowest BCUT2D eigenvalue weighted by atomic mass is 9.63. The second kappa shape index (κ2) is 15.3. The van der Waals surface area contributed by atoms with Crippen LogP contribution in [0.25, 0.3) is 0 Å². The maximum atomic E-state index is 12.8. The molecule has 1 heterocycles. The predicted molar refractivity (Wildman–Crippen MR) is 164 cm³/mol. The van der Waals surface area contributed by atoms with Crippen LogP contribution in [0, 0.1) is 10.1 Å². The molecule has 12 nitrogen and oxygen atoms in total. The number of allylic oxidation sites excluding steroid dienone is 2. The minimum Gasteiger partial charge on any atom is -0.493 e. The summed E-state index contributed by atoms with van der Waals surface area (Å²) in [7, 11) is 0. The van der Waals surface area contributed by atoms with Gasteiger partial charge in [0, 0.05) is 42.2 Å². The molecular weight excluding hydrogens is 570 g/mol. The average molecular weight is 612 g/mol. The molecule has 0 radical (unpaired) electrons. The van der Waals surface area contributed by atoms with Crippen LogP contribution in [0.5, 0.6) is 11.5 Å². The molecule has 44 heavy (non-hydrogen) atoms. The van der Waals surface area contributed by atoms with E-state index in [1.807, 2.05) is 30.3 Å². The first-order valence-corrected chi connectivity index (χ1v) is 14.6. The minimum atomic E-state index is -1.71. The Morgan fingerprint density at radius 3 is 2.18 bits per heavy atom. The van der Waals surface area contributed by atoms with Crippen molar-refractivity contribution in [3.8, 4) is 11.5 Å². The van der Waals surface area contributed by atoms with Crippen molar-refractivity contribution in [1.82, 2.24) is 10.2 Å². The number of aliphatic carboxylic acids is 2. The Kier molecular flexibility index (Phi) is 11.9. The Balaban J connectivity index is 1.79. The van der Waals surface area contributed by atoms with E-state index < -0.39 is 28.4 Å². The Morgan fingerprint density at radius 2 is 1.64 bits per heavy atom. The standard InChI is InChI=1S/C32H41N3O9/c1-5-32(28(30(37)38)21(3)34(6-2)22(4)29(32)31(39)40)26-18-23(35(41)42)14-15-27(26)43-17-11-10-16-33-19-24(36)20-44-25-12-8-7-9-13-25/h7-9,12-15,18,24,33,36H,5-6,10-11,16-17,19-20H2,1-4H3,(H,37,38)(H,39,40). The highest BCUT2D eigenvalue weighted by molar-refractivity contribution is 6.01. The van der Waals surface area contributed by atoms with Crippen molar-refractivity contribution in [3.05, 3.63) is 86.7 Å². The first kappa shape index (κ1) is 34.1. The number of nitrogens with one attached hydrogen (secondary N) is 1. The molecule has 1 unspecified atom stereocenters. The summed E-state index contributed by atoms with van der Waals surface area (Å²) in [4.78, 5) is 38.4. The van der Waals surface area contributed by atoms with Crippen LogP contribution >= 0.6 is 0 Å². The number of nitrogens with zero attached hydrogens (tertiary/aromatic N) is 2. The fourth-order valence-electron chi connectivity index (χ4n) is 5.89. The highest BCUT2D eigenvalue weighted by atomic mass is 16.6. The molecule has 0 saturated carbocycles. The van der Waals surface area contributed by atoms with E-state index in [-0.39, 0.29) is 47.8 Å². The number of ether oxygens (including phenoxy) is 2. The molecule has 0 saturated heterocycles. The van der Waals surface area contributed by atoms with Crippen LogP contribution < -0.4 is 14.8 Å². The number of para-hydroxylation sites is 1. The molecular formula is C32H41N3O9. The van der Waals surface area contributed by atoms with Gasteiger partial charge in [-0.2, -0.15) is 0 Å². The summed E-state index contributed by atoms with van der Waals surface area (Å²) < 4.78 is 11.6. The van der Waals surface area contributed by atoms with Crippen LogP contribution in [0.4, 0.5) is 5.69 Å². The molecule has 1 aliphatic heterocycles. The molecule has 2 aromatic carbocycles. The number of carbonyl (C=O) groups is 2. The third-order valence-corrected chi connectivity index (χ3v) is 7.87. The number of non-ortho nitro benzene ring substituents is 1. The summed E-state index contributed by atoms with van der Waals surface area (Å²) in [6, 6.07) is 13.1. The van der Waals surface area contributed by atoms with Crippen LogP contribution in [-0.2, 0) is 15.0 Å². The monoisotopic (exact) mass is 611 g/mol. The van der Waals surface area contributed by atoms with E-state index in [9.17, 15) is 35.0 Å². The molecule has 3 rings (SSSR count). The van der Waals surface area contributed by atoms with E-state index in [1.165, 1.54) is 18.2 Å². The summed E-state index contributed by atoms with van der Waals surface area (Å²) in [5.74, 6) is -1.76. The van der Waals surface area contributed by atoms with Gasteiger partial charge in [-0.1, -0.05) is 25.1 Å².